The number of rotatable bonds is 7. The Kier molecular flexibility index (Phi) is 5.88. The van der Waals surface area contributed by atoms with Crippen LogP contribution in [0.15, 0.2) is 76.6 Å². The lowest BCUT2D eigenvalue weighted by molar-refractivity contribution is 0.357. The average Bonchev–Trinajstić information content (AvgIpc) is 3.07. The Morgan fingerprint density at radius 3 is 2.30 bits per heavy atom. The topological polar surface area (TPSA) is 50.5 Å². The van der Waals surface area contributed by atoms with Gasteiger partial charge in [-0.15, -0.1) is 0 Å². The Hall–Kier alpha value is -2.70. The molecule has 0 N–H and O–H groups in total. The van der Waals surface area contributed by atoms with Gasteiger partial charge in [0.25, 0.3) is 0 Å². The second-order valence-corrected chi connectivity index (χ2v) is 7.98. The van der Waals surface area contributed by atoms with Crippen LogP contribution in [0.1, 0.15) is 22.6 Å². The quantitative estimate of drug-likeness (QED) is 0.591. The van der Waals surface area contributed by atoms with Gasteiger partial charge in [-0.3, -0.25) is 0 Å². The fourth-order valence-corrected chi connectivity index (χ4v) is 3.73. The number of aryl methyl sites for hydroxylation is 1. The van der Waals surface area contributed by atoms with Crippen molar-refractivity contribution in [3.8, 4) is 0 Å². The number of benzene rings is 2. The summed E-state index contributed by atoms with van der Waals surface area (Å²) in [5.41, 5.74) is 1.48. The van der Waals surface area contributed by atoms with E-state index in [4.69, 9.17) is 4.42 Å². The molecule has 27 heavy (non-hydrogen) atoms. The fourth-order valence-electron chi connectivity index (χ4n) is 2.59. The molecule has 3 aromatic rings. The van der Waals surface area contributed by atoms with Gasteiger partial charge in [0.15, 0.2) is 0 Å². The fraction of sp³-hybridized carbons (Fsp3) is 0.143. The minimum Gasteiger partial charge on any atom is -0.465 e. The van der Waals surface area contributed by atoms with Gasteiger partial charge in [0.2, 0.25) is 10.0 Å². The zero-order chi connectivity index (χ0) is 19.3. The summed E-state index contributed by atoms with van der Waals surface area (Å²) in [5, 5.41) is 1.18. The maximum atomic E-state index is 13.2. The smallest absolute Gasteiger partial charge is 0.236 e. The standard InChI is InChI=1S/C21H20FNO3S/c1-17-7-12-21(26-17)16-23(15-19-8-10-20(22)11-9-19)27(24,25)14-13-18-5-3-2-4-6-18/h2-14H,15-16H2,1H3/b14-13+. The van der Waals surface area contributed by atoms with Crippen LogP contribution in [0.4, 0.5) is 4.39 Å². The minimum absolute atomic E-state index is 0.0900. The first-order chi connectivity index (χ1) is 12.9. The van der Waals surface area contributed by atoms with Crippen LogP contribution in [0.3, 0.4) is 0 Å². The third-order valence-corrected chi connectivity index (χ3v) is 5.45. The highest BCUT2D eigenvalue weighted by molar-refractivity contribution is 7.92. The van der Waals surface area contributed by atoms with Crippen LogP contribution in [-0.4, -0.2) is 12.7 Å². The molecule has 0 saturated heterocycles. The largest absolute Gasteiger partial charge is 0.465 e. The van der Waals surface area contributed by atoms with Gasteiger partial charge in [0, 0.05) is 12.0 Å². The van der Waals surface area contributed by atoms with E-state index in [-0.39, 0.29) is 18.9 Å². The summed E-state index contributed by atoms with van der Waals surface area (Å²) in [7, 11) is -3.72. The predicted octanol–water partition coefficient (Wildman–Crippen LogP) is 4.73. The molecule has 1 aromatic heterocycles. The normalized spacial score (nSPS) is 12.1. The molecule has 0 unspecified atom stereocenters. The monoisotopic (exact) mass is 385 g/mol. The number of furan rings is 1. The molecular weight excluding hydrogens is 365 g/mol. The van der Waals surface area contributed by atoms with Crippen molar-refractivity contribution in [2.45, 2.75) is 20.0 Å². The van der Waals surface area contributed by atoms with Gasteiger partial charge in [-0.25, -0.2) is 12.8 Å². The van der Waals surface area contributed by atoms with E-state index in [9.17, 15) is 12.8 Å². The van der Waals surface area contributed by atoms with Crippen molar-refractivity contribution in [1.29, 1.82) is 0 Å². The van der Waals surface area contributed by atoms with Crippen molar-refractivity contribution in [2.75, 3.05) is 0 Å². The lowest BCUT2D eigenvalue weighted by Crippen LogP contribution is -2.28. The van der Waals surface area contributed by atoms with Crippen LogP contribution in [0.2, 0.25) is 0 Å². The van der Waals surface area contributed by atoms with Crippen LogP contribution < -0.4 is 0 Å². The first-order valence-corrected chi connectivity index (χ1v) is 9.96. The van der Waals surface area contributed by atoms with Gasteiger partial charge in [-0.05, 0) is 48.4 Å². The van der Waals surface area contributed by atoms with Gasteiger partial charge in [0.1, 0.15) is 17.3 Å². The zero-order valence-corrected chi connectivity index (χ0v) is 15.7. The zero-order valence-electron chi connectivity index (χ0n) is 14.9. The van der Waals surface area contributed by atoms with Gasteiger partial charge in [-0.2, -0.15) is 4.31 Å². The van der Waals surface area contributed by atoms with Crippen molar-refractivity contribution in [2.24, 2.45) is 0 Å². The van der Waals surface area contributed by atoms with E-state index in [0.717, 1.165) is 5.56 Å². The van der Waals surface area contributed by atoms with Crippen molar-refractivity contribution >= 4 is 16.1 Å². The number of hydrogen-bond acceptors (Lipinski definition) is 3. The van der Waals surface area contributed by atoms with Crippen LogP contribution in [0.25, 0.3) is 6.08 Å². The lowest BCUT2D eigenvalue weighted by atomic mass is 10.2. The SMILES string of the molecule is Cc1ccc(CN(Cc2ccc(F)cc2)S(=O)(=O)/C=C/c2ccccc2)o1. The summed E-state index contributed by atoms with van der Waals surface area (Å²) in [6, 6.07) is 18.5. The molecule has 2 aromatic carbocycles. The molecule has 0 aliphatic rings. The summed E-state index contributed by atoms with van der Waals surface area (Å²) >= 11 is 0. The average molecular weight is 385 g/mol. The number of halogens is 1. The van der Waals surface area contributed by atoms with E-state index in [1.165, 1.54) is 21.8 Å². The number of sulfonamides is 1. The van der Waals surface area contributed by atoms with Crippen molar-refractivity contribution in [1.82, 2.24) is 4.31 Å². The Labute approximate surface area is 158 Å². The summed E-state index contributed by atoms with van der Waals surface area (Å²) in [5.74, 6) is 0.897. The van der Waals surface area contributed by atoms with Crippen molar-refractivity contribution in [3.63, 3.8) is 0 Å². The van der Waals surface area contributed by atoms with Gasteiger partial charge >= 0.3 is 0 Å². The molecule has 0 spiro atoms. The molecule has 0 aliphatic carbocycles. The van der Waals surface area contributed by atoms with Crippen molar-refractivity contribution < 1.29 is 17.2 Å². The predicted molar refractivity (Wildman–Crippen MR) is 103 cm³/mol. The van der Waals surface area contributed by atoms with E-state index in [2.05, 4.69) is 0 Å². The molecule has 1 heterocycles. The molecule has 0 radical (unpaired) electrons. The summed E-state index contributed by atoms with van der Waals surface area (Å²) in [4.78, 5) is 0. The molecule has 3 rings (SSSR count). The Balaban J connectivity index is 1.87. The maximum absolute atomic E-state index is 13.2. The highest BCUT2D eigenvalue weighted by atomic mass is 32.2. The molecule has 0 amide bonds. The van der Waals surface area contributed by atoms with E-state index in [1.54, 1.807) is 37.3 Å². The van der Waals surface area contributed by atoms with Crippen LogP contribution >= 0.6 is 0 Å². The van der Waals surface area contributed by atoms with Gasteiger partial charge in [0.05, 0.1) is 6.54 Å². The molecule has 0 bridgehead atoms. The molecule has 140 valence electrons. The molecule has 6 heteroatoms. The highest BCUT2D eigenvalue weighted by Gasteiger charge is 2.21. The molecule has 0 saturated carbocycles. The minimum atomic E-state index is -3.72. The van der Waals surface area contributed by atoms with Gasteiger partial charge in [-0.1, -0.05) is 42.5 Å². The van der Waals surface area contributed by atoms with E-state index >= 15 is 0 Å². The second kappa shape index (κ2) is 8.33. The van der Waals surface area contributed by atoms with Crippen LogP contribution in [0.5, 0.6) is 0 Å². The summed E-state index contributed by atoms with van der Waals surface area (Å²) in [6.07, 6.45) is 1.56. The second-order valence-electron chi connectivity index (χ2n) is 6.17. The first kappa shape index (κ1) is 19.1. The number of hydrogen-bond donors (Lipinski definition) is 0. The number of nitrogens with zero attached hydrogens (tertiary/aromatic N) is 1. The molecule has 0 aliphatic heterocycles. The van der Waals surface area contributed by atoms with Gasteiger partial charge < -0.3 is 4.42 Å². The first-order valence-electron chi connectivity index (χ1n) is 8.45. The molecule has 0 fully saturated rings. The van der Waals surface area contributed by atoms with Crippen molar-refractivity contribution in [3.05, 3.63) is 101 Å². The summed E-state index contributed by atoms with van der Waals surface area (Å²) in [6.45, 7) is 2.01. The Morgan fingerprint density at radius 1 is 0.963 bits per heavy atom. The van der Waals surface area contributed by atoms with E-state index < -0.39 is 10.0 Å². The molecule has 0 atom stereocenters. The summed E-state index contributed by atoms with van der Waals surface area (Å²) < 4.78 is 45.8. The Bertz CT molecular complexity index is 1010. The van der Waals surface area contributed by atoms with E-state index in [1.807, 2.05) is 30.3 Å². The van der Waals surface area contributed by atoms with E-state index in [0.29, 0.717) is 17.1 Å². The Morgan fingerprint density at radius 2 is 1.67 bits per heavy atom. The van der Waals surface area contributed by atoms with Crippen LogP contribution in [0, 0.1) is 12.7 Å². The third-order valence-electron chi connectivity index (χ3n) is 3.99. The highest BCUT2D eigenvalue weighted by Crippen LogP contribution is 2.18. The maximum Gasteiger partial charge on any atom is 0.236 e. The third kappa shape index (κ3) is 5.39. The lowest BCUT2D eigenvalue weighted by Gasteiger charge is -2.19. The molecule has 4 nitrogen and oxygen atoms in total. The molecular formula is C21H20FNO3S. The van der Waals surface area contributed by atoms with Crippen LogP contribution in [-0.2, 0) is 23.1 Å².